The molecule has 2 aromatic rings. The van der Waals surface area contributed by atoms with Crippen molar-refractivity contribution >= 4 is 28.9 Å². The van der Waals surface area contributed by atoms with Crippen LogP contribution in [0.4, 0.5) is 15.8 Å². The Balaban J connectivity index is 2.15. The van der Waals surface area contributed by atoms with Crippen molar-refractivity contribution in [2.45, 2.75) is 0 Å². The number of aromatic nitrogens is 1. The Morgan fingerprint density at radius 1 is 1.41 bits per heavy atom. The van der Waals surface area contributed by atoms with Gasteiger partial charge in [0.1, 0.15) is 11.5 Å². The first kappa shape index (κ1) is 11.5. The van der Waals surface area contributed by atoms with Crippen molar-refractivity contribution in [2.75, 3.05) is 11.1 Å². The Morgan fingerprint density at radius 3 is 2.76 bits per heavy atom. The molecule has 1 aromatic carbocycles. The van der Waals surface area contributed by atoms with E-state index in [1.807, 2.05) is 0 Å². The molecule has 0 aliphatic rings. The van der Waals surface area contributed by atoms with Crippen molar-refractivity contribution in [3.05, 3.63) is 47.0 Å². The zero-order valence-corrected chi connectivity index (χ0v) is 9.38. The smallest absolute Gasteiger partial charge is 0.272 e. The lowest BCUT2D eigenvalue weighted by Gasteiger charge is -2.05. The van der Waals surface area contributed by atoms with E-state index in [2.05, 4.69) is 10.3 Å². The van der Waals surface area contributed by atoms with Crippen LogP contribution in [0.25, 0.3) is 0 Å². The van der Waals surface area contributed by atoms with Gasteiger partial charge in [0.25, 0.3) is 5.91 Å². The predicted molar refractivity (Wildman–Crippen MR) is 64.6 cm³/mol. The number of anilines is 2. The van der Waals surface area contributed by atoms with Gasteiger partial charge in [0.2, 0.25) is 0 Å². The summed E-state index contributed by atoms with van der Waals surface area (Å²) >= 11 is 5.67. The monoisotopic (exact) mass is 253 g/mol. The number of nitrogen functional groups attached to an aromatic ring is 1. The molecule has 0 fully saturated rings. The molecule has 2 rings (SSSR count). The summed E-state index contributed by atoms with van der Waals surface area (Å²) in [6, 6.07) is 5.45. The first-order valence-electron chi connectivity index (χ1n) is 4.76. The lowest BCUT2D eigenvalue weighted by atomic mass is 10.2. The highest BCUT2D eigenvalue weighted by Gasteiger charge is 2.09. The van der Waals surface area contributed by atoms with Crippen molar-refractivity contribution in [1.29, 1.82) is 0 Å². The first-order chi connectivity index (χ1) is 8.06. The van der Waals surface area contributed by atoms with Gasteiger partial charge in [0, 0.05) is 11.9 Å². The summed E-state index contributed by atoms with van der Waals surface area (Å²) < 4.78 is 12.9. The number of nitrogens with two attached hydrogens (primary N) is 1. The summed E-state index contributed by atoms with van der Waals surface area (Å²) in [6.45, 7) is 0. The molecule has 0 aliphatic carbocycles. The number of aromatic amines is 1. The maximum Gasteiger partial charge on any atom is 0.272 e. The summed E-state index contributed by atoms with van der Waals surface area (Å²) in [7, 11) is 0. The quantitative estimate of drug-likeness (QED) is 0.720. The fraction of sp³-hybridized carbons (Fsp3) is 0. The molecule has 0 unspecified atom stereocenters. The number of benzene rings is 1. The van der Waals surface area contributed by atoms with E-state index < -0.39 is 5.82 Å². The molecule has 0 radical (unpaired) electrons. The molecule has 1 aromatic heterocycles. The fourth-order valence-corrected chi connectivity index (χ4v) is 1.48. The van der Waals surface area contributed by atoms with Crippen molar-refractivity contribution < 1.29 is 9.18 Å². The van der Waals surface area contributed by atoms with Crippen LogP contribution in [0.5, 0.6) is 0 Å². The molecule has 1 heterocycles. The normalized spacial score (nSPS) is 10.2. The minimum atomic E-state index is -0.522. The number of hydrogen-bond acceptors (Lipinski definition) is 2. The zero-order valence-electron chi connectivity index (χ0n) is 8.63. The van der Waals surface area contributed by atoms with E-state index in [0.29, 0.717) is 16.4 Å². The largest absolute Gasteiger partial charge is 0.396 e. The van der Waals surface area contributed by atoms with E-state index in [1.165, 1.54) is 30.5 Å². The first-order valence-corrected chi connectivity index (χ1v) is 5.14. The Bertz CT molecular complexity index is 568. The average Bonchev–Trinajstić information content (AvgIpc) is 2.70. The molecule has 4 N–H and O–H groups in total. The third-order valence-corrected chi connectivity index (χ3v) is 2.36. The number of H-pyrrole nitrogens is 1. The molecule has 1 amide bonds. The summed E-state index contributed by atoms with van der Waals surface area (Å²) in [6.07, 6.45) is 1.50. The van der Waals surface area contributed by atoms with E-state index in [0.717, 1.165) is 0 Å². The lowest BCUT2D eigenvalue weighted by molar-refractivity contribution is 0.102. The van der Waals surface area contributed by atoms with E-state index >= 15 is 0 Å². The summed E-state index contributed by atoms with van der Waals surface area (Å²) in [5.41, 5.74) is 6.10. The molecule has 0 bridgehead atoms. The molecule has 0 spiro atoms. The molecule has 4 nitrogen and oxygen atoms in total. The fourth-order valence-electron chi connectivity index (χ4n) is 1.32. The van der Waals surface area contributed by atoms with Gasteiger partial charge in [-0.15, -0.1) is 0 Å². The number of nitrogens with one attached hydrogen (secondary N) is 2. The number of rotatable bonds is 2. The van der Waals surface area contributed by atoms with Crippen LogP contribution in [-0.4, -0.2) is 10.9 Å². The van der Waals surface area contributed by atoms with Crippen LogP contribution in [0.15, 0.2) is 30.5 Å². The molecular formula is C11H9ClFN3O. The van der Waals surface area contributed by atoms with Crippen LogP contribution in [0.3, 0.4) is 0 Å². The predicted octanol–water partition coefficient (Wildman–Crippen LogP) is 2.64. The molecule has 0 atom stereocenters. The van der Waals surface area contributed by atoms with Crippen LogP contribution < -0.4 is 11.1 Å². The highest BCUT2D eigenvalue weighted by molar-refractivity contribution is 6.31. The standard InChI is InChI=1S/C11H9ClFN3O/c12-6-3-10(15-5-6)11(17)16-7-1-2-8(13)9(14)4-7/h1-5,15H,14H2,(H,16,17). The molecule has 0 aliphatic heterocycles. The van der Waals surface area contributed by atoms with Gasteiger partial charge >= 0.3 is 0 Å². The van der Waals surface area contributed by atoms with Crippen LogP contribution in [0.1, 0.15) is 10.5 Å². The minimum Gasteiger partial charge on any atom is -0.396 e. The van der Waals surface area contributed by atoms with E-state index in [9.17, 15) is 9.18 Å². The molecular weight excluding hydrogens is 245 g/mol. The molecule has 0 saturated heterocycles. The summed E-state index contributed by atoms with van der Waals surface area (Å²) in [5.74, 6) is -0.895. The molecule has 17 heavy (non-hydrogen) atoms. The second kappa shape index (κ2) is 4.47. The van der Waals surface area contributed by atoms with E-state index in [4.69, 9.17) is 17.3 Å². The van der Waals surface area contributed by atoms with Gasteiger partial charge in [-0.3, -0.25) is 4.79 Å². The third-order valence-electron chi connectivity index (χ3n) is 2.15. The minimum absolute atomic E-state index is 0.0210. The van der Waals surface area contributed by atoms with Gasteiger partial charge in [-0.2, -0.15) is 0 Å². The second-order valence-corrected chi connectivity index (χ2v) is 3.86. The molecule has 0 saturated carbocycles. The number of halogens is 2. The summed E-state index contributed by atoms with van der Waals surface area (Å²) in [5, 5.41) is 3.00. The van der Waals surface area contributed by atoms with Gasteiger partial charge in [-0.25, -0.2) is 4.39 Å². The highest BCUT2D eigenvalue weighted by atomic mass is 35.5. The number of carbonyl (C=O) groups excluding carboxylic acids is 1. The van der Waals surface area contributed by atoms with Crippen molar-refractivity contribution in [2.24, 2.45) is 0 Å². The Kier molecular flexibility index (Phi) is 3.01. The van der Waals surface area contributed by atoms with Crippen LogP contribution in [0.2, 0.25) is 5.02 Å². The summed E-state index contributed by atoms with van der Waals surface area (Å²) in [4.78, 5) is 14.4. The number of carbonyl (C=O) groups is 1. The van der Waals surface area contributed by atoms with Crippen LogP contribution in [-0.2, 0) is 0 Å². The number of amides is 1. The van der Waals surface area contributed by atoms with Crippen LogP contribution >= 0.6 is 11.6 Å². The number of hydrogen-bond donors (Lipinski definition) is 3. The van der Waals surface area contributed by atoms with Gasteiger partial charge in [0.05, 0.1) is 10.7 Å². The highest BCUT2D eigenvalue weighted by Crippen LogP contribution is 2.17. The van der Waals surface area contributed by atoms with Gasteiger partial charge in [-0.05, 0) is 24.3 Å². The maximum absolute atomic E-state index is 12.9. The van der Waals surface area contributed by atoms with Gasteiger partial charge in [0.15, 0.2) is 0 Å². The average molecular weight is 254 g/mol. The molecule has 88 valence electrons. The van der Waals surface area contributed by atoms with E-state index in [-0.39, 0.29) is 11.6 Å². The Hall–Kier alpha value is -2.01. The zero-order chi connectivity index (χ0) is 12.4. The van der Waals surface area contributed by atoms with Crippen molar-refractivity contribution in [3.63, 3.8) is 0 Å². The van der Waals surface area contributed by atoms with E-state index in [1.54, 1.807) is 0 Å². The second-order valence-electron chi connectivity index (χ2n) is 3.42. The Morgan fingerprint density at radius 2 is 2.18 bits per heavy atom. The molecule has 6 heteroatoms. The van der Waals surface area contributed by atoms with Crippen molar-refractivity contribution in [3.8, 4) is 0 Å². The SMILES string of the molecule is Nc1cc(NC(=O)c2cc(Cl)c[nH]2)ccc1F. The van der Waals surface area contributed by atoms with Crippen molar-refractivity contribution in [1.82, 2.24) is 4.98 Å². The maximum atomic E-state index is 12.9. The van der Waals surface area contributed by atoms with Gasteiger partial charge in [-0.1, -0.05) is 11.6 Å². The van der Waals surface area contributed by atoms with Gasteiger partial charge < -0.3 is 16.0 Å². The third kappa shape index (κ3) is 2.57. The topological polar surface area (TPSA) is 70.9 Å². The Labute approximate surface area is 102 Å². The van der Waals surface area contributed by atoms with Crippen LogP contribution in [0, 0.1) is 5.82 Å². The lowest BCUT2D eigenvalue weighted by Crippen LogP contribution is -2.12.